The van der Waals surface area contributed by atoms with E-state index in [0.717, 1.165) is 23.6 Å². The number of hydrogen-bond acceptors (Lipinski definition) is 5. The SMILES string of the molecule is CNC(=O)[C@H](Cc1c[nH]c2ccccc12)NC(=O)[C@H](CC(C)C)[C@H](O)C(=O)OC. The Morgan fingerprint density at radius 1 is 1.17 bits per heavy atom. The molecule has 0 aliphatic carbocycles. The number of aliphatic hydroxyl groups excluding tert-OH is 1. The van der Waals surface area contributed by atoms with Crippen LogP contribution in [0.25, 0.3) is 10.9 Å². The largest absolute Gasteiger partial charge is 0.467 e. The minimum absolute atomic E-state index is 0.0529. The van der Waals surface area contributed by atoms with Crippen molar-refractivity contribution in [2.24, 2.45) is 11.8 Å². The van der Waals surface area contributed by atoms with E-state index in [4.69, 9.17) is 0 Å². The van der Waals surface area contributed by atoms with Crippen LogP contribution < -0.4 is 10.6 Å². The monoisotopic (exact) mass is 403 g/mol. The van der Waals surface area contributed by atoms with Crippen LogP contribution in [-0.2, 0) is 25.5 Å². The standard InChI is InChI=1S/C21H29N3O5/c1-12(2)9-15(18(25)21(28)29-4)19(26)24-17(20(27)22-3)10-13-11-23-16-8-6-5-7-14(13)16/h5-8,11-12,15,17-18,23,25H,9-10H2,1-4H3,(H,22,27)(H,24,26)/t15-,17+,18+/m1/s1. The summed E-state index contributed by atoms with van der Waals surface area (Å²) in [7, 11) is 2.64. The van der Waals surface area contributed by atoms with Gasteiger partial charge in [0.05, 0.1) is 13.0 Å². The summed E-state index contributed by atoms with van der Waals surface area (Å²) in [4.78, 5) is 40.3. The van der Waals surface area contributed by atoms with Gasteiger partial charge in [0.2, 0.25) is 11.8 Å². The molecule has 0 fully saturated rings. The van der Waals surface area contributed by atoms with Gasteiger partial charge in [0, 0.05) is 30.6 Å². The Bertz CT molecular complexity index is 861. The first-order valence-electron chi connectivity index (χ1n) is 9.61. The van der Waals surface area contributed by atoms with Crippen molar-refractivity contribution in [3.05, 3.63) is 36.0 Å². The summed E-state index contributed by atoms with van der Waals surface area (Å²) in [6.07, 6.45) is 0.746. The number of aromatic amines is 1. The Morgan fingerprint density at radius 3 is 2.48 bits per heavy atom. The van der Waals surface area contributed by atoms with Gasteiger partial charge in [0.25, 0.3) is 0 Å². The van der Waals surface area contributed by atoms with E-state index in [1.807, 2.05) is 44.3 Å². The number of nitrogens with one attached hydrogen (secondary N) is 3. The molecule has 2 amide bonds. The zero-order valence-corrected chi connectivity index (χ0v) is 17.2. The van der Waals surface area contributed by atoms with E-state index in [1.165, 1.54) is 7.05 Å². The van der Waals surface area contributed by atoms with Gasteiger partial charge in [-0.15, -0.1) is 0 Å². The lowest BCUT2D eigenvalue weighted by molar-refractivity contribution is -0.157. The fourth-order valence-corrected chi connectivity index (χ4v) is 3.35. The average molecular weight is 403 g/mol. The zero-order valence-electron chi connectivity index (χ0n) is 17.2. The third-order valence-corrected chi connectivity index (χ3v) is 4.86. The predicted octanol–water partition coefficient (Wildman–Crippen LogP) is 1.14. The van der Waals surface area contributed by atoms with Crippen LogP contribution in [0, 0.1) is 11.8 Å². The quantitative estimate of drug-likeness (QED) is 0.468. The number of likely N-dealkylation sites (N-methyl/N-ethyl adjacent to an activating group) is 1. The van der Waals surface area contributed by atoms with Gasteiger partial charge in [-0.1, -0.05) is 32.0 Å². The maximum Gasteiger partial charge on any atom is 0.335 e. The van der Waals surface area contributed by atoms with Gasteiger partial charge < -0.3 is 25.5 Å². The first-order valence-corrected chi connectivity index (χ1v) is 9.61. The minimum atomic E-state index is -1.60. The Morgan fingerprint density at radius 2 is 1.86 bits per heavy atom. The van der Waals surface area contributed by atoms with Crippen molar-refractivity contribution >= 4 is 28.7 Å². The van der Waals surface area contributed by atoms with Crippen LogP contribution in [0.15, 0.2) is 30.5 Å². The molecule has 2 rings (SSSR count). The summed E-state index contributed by atoms with van der Waals surface area (Å²) in [5.74, 6) is -2.77. The van der Waals surface area contributed by atoms with Crippen LogP contribution in [0.3, 0.4) is 0 Å². The minimum Gasteiger partial charge on any atom is -0.467 e. The first-order chi connectivity index (χ1) is 13.8. The van der Waals surface area contributed by atoms with Crippen LogP contribution in [-0.4, -0.2) is 54.2 Å². The number of H-pyrrole nitrogens is 1. The second-order valence-electron chi connectivity index (χ2n) is 7.44. The van der Waals surface area contributed by atoms with Gasteiger partial charge >= 0.3 is 5.97 Å². The molecule has 0 aliphatic rings. The summed E-state index contributed by atoms with van der Waals surface area (Å²) >= 11 is 0. The molecule has 1 heterocycles. The highest BCUT2D eigenvalue weighted by Gasteiger charge is 2.35. The predicted molar refractivity (Wildman–Crippen MR) is 109 cm³/mol. The average Bonchev–Trinajstić information content (AvgIpc) is 3.12. The number of carbonyl (C=O) groups is 3. The molecule has 8 nitrogen and oxygen atoms in total. The van der Waals surface area contributed by atoms with Gasteiger partial charge in [-0.05, 0) is 24.0 Å². The molecule has 2 aromatic rings. The van der Waals surface area contributed by atoms with Crippen molar-refractivity contribution in [1.29, 1.82) is 0 Å². The van der Waals surface area contributed by atoms with Crippen LogP contribution >= 0.6 is 0 Å². The molecule has 0 radical (unpaired) electrons. The first kappa shape index (κ1) is 22.4. The molecule has 0 spiro atoms. The number of hydrogen-bond donors (Lipinski definition) is 4. The van der Waals surface area contributed by atoms with E-state index in [2.05, 4.69) is 20.4 Å². The molecule has 158 valence electrons. The third kappa shape index (κ3) is 5.57. The zero-order chi connectivity index (χ0) is 21.6. The summed E-state index contributed by atoms with van der Waals surface area (Å²) < 4.78 is 4.58. The summed E-state index contributed by atoms with van der Waals surface area (Å²) in [6, 6.07) is 6.82. The number of benzene rings is 1. The smallest absolute Gasteiger partial charge is 0.335 e. The number of aromatic nitrogens is 1. The van der Waals surface area contributed by atoms with Crippen LogP contribution in [0.5, 0.6) is 0 Å². The van der Waals surface area contributed by atoms with Crippen molar-refractivity contribution in [2.45, 2.75) is 38.8 Å². The van der Waals surface area contributed by atoms with Gasteiger partial charge in [-0.25, -0.2) is 4.79 Å². The number of methoxy groups -OCH3 is 1. The molecule has 8 heteroatoms. The fraction of sp³-hybridized carbons (Fsp3) is 0.476. The lowest BCUT2D eigenvalue weighted by Crippen LogP contribution is -2.51. The van der Waals surface area contributed by atoms with Crippen molar-refractivity contribution in [3.63, 3.8) is 0 Å². The van der Waals surface area contributed by atoms with Gasteiger partial charge in [-0.3, -0.25) is 9.59 Å². The Labute approximate surface area is 170 Å². The normalized spacial score (nSPS) is 14.3. The van der Waals surface area contributed by atoms with Crippen molar-refractivity contribution in [2.75, 3.05) is 14.2 Å². The van der Waals surface area contributed by atoms with Crippen molar-refractivity contribution < 1.29 is 24.2 Å². The van der Waals surface area contributed by atoms with Gasteiger partial charge in [0.15, 0.2) is 6.10 Å². The van der Waals surface area contributed by atoms with Crippen molar-refractivity contribution in [3.8, 4) is 0 Å². The third-order valence-electron chi connectivity index (χ3n) is 4.86. The fourth-order valence-electron chi connectivity index (χ4n) is 3.35. The molecule has 0 aliphatic heterocycles. The van der Waals surface area contributed by atoms with E-state index in [1.54, 1.807) is 0 Å². The van der Waals surface area contributed by atoms with E-state index in [-0.39, 0.29) is 24.7 Å². The highest BCUT2D eigenvalue weighted by atomic mass is 16.5. The molecule has 0 unspecified atom stereocenters. The van der Waals surface area contributed by atoms with E-state index >= 15 is 0 Å². The maximum atomic E-state index is 12.9. The molecule has 0 saturated heterocycles. The number of carbonyl (C=O) groups excluding carboxylic acids is 3. The highest BCUT2D eigenvalue weighted by molar-refractivity contribution is 5.92. The lowest BCUT2D eigenvalue weighted by Gasteiger charge is -2.25. The topological polar surface area (TPSA) is 121 Å². The van der Waals surface area contributed by atoms with E-state index in [9.17, 15) is 19.5 Å². The summed E-state index contributed by atoms with van der Waals surface area (Å²) in [6.45, 7) is 3.76. The number of esters is 1. The van der Waals surface area contributed by atoms with E-state index < -0.39 is 29.9 Å². The highest BCUT2D eigenvalue weighted by Crippen LogP contribution is 2.21. The van der Waals surface area contributed by atoms with Crippen LogP contribution in [0.1, 0.15) is 25.8 Å². The molecular weight excluding hydrogens is 374 g/mol. The molecule has 3 atom stereocenters. The number of ether oxygens (including phenoxy) is 1. The molecule has 29 heavy (non-hydrogen) atoms. The van der Waals surface area contributed by atoms with Crippen LogP contribution in [0.2, 0.25) is 0 Å². The lowest BCUT2D eigenvalue weighted by atomic mass is 9.90. The Hall–Kier alpha value is -2.87. The number of amides is 2. The summed E-state index contributed by atoms with van der Waals surface area (Å²) in [5, 5.41) is 16.5. The maximum absolute atomic E-state index is 12.9. The molecule has 1 aromatic heterocycles. The molecule has 1 aromatic carbocycles. The molecule has 0 bridgehead atoms. The number of fused-ring (bicyclic) bond motifs is 1. The second kappa shape index (κ2) is 10.1. The Kier molecular flexibility index (Phi) is 7.78. The second-order valence-corrected chi connectivity index (χ2v) is 7.44. The van der Waals surface area contributed by atoms with Crippen LogP contribution in [0.4, 0.5) is 0 Å². The van der Waals surface area contributed by atoms with Gasteiger partial charge in [0.1, 0.15) is 6.04 Å². The van der Waals surface area contributed by atoms with E-state index in [0.29, 0.717) is 0 Å². The molecular formula is C21H29N3O5. The number of aliphatic hydroxyl groups is 1. The Balaban J connectivity index is 2.24. The molecule has 4 N–H and O–H groups in total. The number of para-hydroxylation sites is 1. The number of rotatable bonds is 9. The van der Waals surface area contributed by atoms with Gasteiger partial charge in [-0.2, -0.15) is 0 Å². The summed E-state index contributed by atoms with van der Waals surface area (Å²) in [5.41, 5.74) is 1.81. The molecule has 0 saturated carbocycles. The van der Waals surface area contributed by atoms with Crippen molar-refractivity contribution in [1.82, 2.24) is 15.6 Å².